The molecule has 4 heteroatoms. The Bertz CT molecular complexity index is 390. The van der Waals surface area contributed by atoms with Gasteiger partial charge in [-0.2, -0.15) is 0 Å². The van der Waals surface area contributed by atoms with Gasteiger partial charge in [-0.1, -0.05) is 0 Å². The Morgan fingerprint density at radius 2 is 2.13 bits per heavy atom. The Labute approximate surface area is 96.4 Å². The maximum atomic E-state index is 13.2. The van der Waals surface area contributed by atoms with Crippen LogP contribution in [0.5, 0.6) is 5.75 Å². The van der Waals surface area contributed by atoms with Crippen LogP contribution in [0.2, 0.25) is 0 Å². The molecule has 1 aromatic carbocycles. The molecule has 1 aliphatic carbocycles. The number of hydrogen-bond donors (Lipinski definition) is 2. The van der Waals surface area contributed by atoms with E-state index in [2.05, 4.69) is 15.9 Å². The lowest BCUT2D eigenvalue weighted by Gasteiger charge is -2.10. The molecular weight excluding hydrogens is 261 g/mol. The molecule has 0 saturated heterocycles. The van der Waals surface area contributed by atoms with E-state index < -0.39 is 0 Å². The first-order valence-electron chi connectivity index (χ1n) is 4.96. The summed E-state index contributed by atoms with van der Waals surface area (Å²) in [6, 6.07) is 2.76. The number of phenols is 1. The van der Waals surface area contributed by atoms with E-state index in [4.69, 9.17) is 5.73 Å². The monoisotopic (exact) mass is 273 g/mol. The van der Waals surface area contributed by atoms with E-state index in [1.807, 2.05) is 0 Å². The van der Waals surface area contributed by atoms with Gasteiger partial charge in [0.2, 0.25) is 0 Å². The van der Waals surface area contributed by atoms with E-state index in [9.17, 15) is 9.50 Å². The highest BCUT2D eigenvalue weighted by Crippen LogP contribution is 2.37. The van der Waals surface area contributed by atoms with Crippen molar-refractivity contribution in [1.82, 2.24) is 0 Å². The van der Waals surface area contributed by atoms with Crippen molar-refractivity contribution in [2.24, 2.45) is 5.73 Å². The average molecular weight is 274 g/mol. The Kier molecular flexibility index (Phi) is 2.73. The van der Waals surface area contributed by atoms with Crippen LogP contribution in [0, 0.1) is 5.82 Å². The minimum Gasteiger partial charge on any atom is -0.508 e. The molecule has 3 N–H and O–H groups in total. The molecule has 82 valence electrons. The molecule has 2 rings (SSSR count). The molecule has 1 aliphatic rings. The maximum absolute atomic E-state index is 13.2. The van der Waals surface area contributed by atoms with Crippen LogP contribution in [0.15, 0.2) is 16.6 Å². The molecule has 1 aromatic rings. The second-order valence-electron chi connectivity index (χ2n) is 4.26. The topological polar surface area (TPSA) is 46.2 Å². The molecule has 1 fully saturated rings. The van der Waals surface area contributed by atoms with E-state index >= 15 is 0 Å². The van der Waals surface area contributed by atoms with Crippen molar-refractivity contribution in [3.05, 3.63) is 28.0 Å². The van der Waals surface area contributed by atoms with Gasteiger partial charge < -0.3 is 10.8 Å². The van der Waals surface area contributed by atoms with E-state index in [0.717, 1.165) is 19.3 Å². The first kappa shape index (κ1) is 10.9. The highest BCUT2D eigenvalue weighted by molar-refractivity contribution is 9.10. The molecule has 15 heavy (non-hydrogen) atoms. The predicted octanol–water partition coefficient (Wildman–Crippen LogP) is 2.72. The van der Waals surface area contributed by atoms with Crippen molar-refractivity contribution in [2.75, 3.05) is 0 Å². The van der Waals surface area contributed by atoms with Gasteiger partial charge in [0.1, 0.15) is 11.6 Å². The van der Waals surface area contributed by atoms with Crippen LogP contribution < -0.4 is 5.73 Å². The number of rotatable bonds is 3. The molecule has 1 saturated carbocycles. The van der Waals surface area contributed by atoms with Crippen LogP contribution in [0.1, 0.15) is 24.8 Å². The van der Waals surface area contributed by atoms with Crippen LogP contribution in [0.4, 0.5) is 4.39 Å². The van der Waals surface area contributed by atoms with Crippen molar-refractivity contribution in [3.8, 4) is 5.75 Å². The smallest absolute Gasteiger partial charge is 0.137 e. The first-order chi connectivity index (χ1) is 7.00. The number of phenolic OH excluding ortho intramolecular Hbond substituents is 1. The zero-order chi connectivity index (χ0) is 11.1. The third-order valence-corrected chi connectivity index (χ3v) is 3.51. The van der Waals surface area contributed by atoms with Crippen molar-refractivity contribution in [1.29, 1.82) is 0 Å². The summed E-state index contributed by atoms with van der Waals surface area (Å²) in [7, 11) is 0. The minimum atomic E-state index is -0.343. The Balaban J connectivity index is 2.10. The molecular formula is C11H13BrFNO. The summed E-state index contributed by atoms with van der Waals surface area (Å²) < 4.78 is 13.5. The van der Waals surface area contributed by atoms with E-state index in [-0.39, 0.29) is 21.6 Å². The third kappa shape index (κ3) is 2.49. The zero-order valence-electron chi connectivity index (χ0n) is 8.26. The summed E-state index contributed by atoms with van der Waals surface area (Å²) >= 11 is 3.02. The highest BCUT2D eigenvalue weighted by atomic mass is 79.9. The minimum absolute atomic E-state index is 0.0595. The summed E-state index contributed by atoms with van der Waals surface area (Å²) in [5, 5.41) is 9.60. The molecule has 2 nitrogen and oxygen atoms in total. The molecule has 0 aliphatic heterocycles. The van der Waals surface area contributed by atoms with Crippen LogP contribution in [-0.4, -0.2) is 10.6 Å². The Morgan fingerprint density at radius 1 is 1.47 bits per heavy atom. The third-order valence-electron chi connectivity index (χ3n) is 2.91. The molecule has 0 bridgehead atoms. The molecule has 0 aromatic heterocycles. The summed E-state index contributed by atoms with van der Waals surface area (Å²) in [6.45, 7) is 0. The van der Waals surface area contributed by atoms with Crippen molar-refractivity contribution >= 4 is 15.9 Å². The van der Waals surface area contributed by atoms with Crippen molar-refractivity contribution in [3.63, 3.8) is 0 Å². The van der Waals surface area contributed by atoms with Gasteiger partial charge in [-0.25, -0.2) is 4.39 Å². The van der Waals surface area contributed by atoms with Crippen LogP contribution in [0.3, 0.4) is 0 Å². The fraction of sp³-hybridized carbons (Fsp3) is 0.455. The molecule has 0 amide bonds. The first-order valence-corrected chi connectivity index (χ1v) is 5.75. The summed E-state index contributed by atoms with van der Waals surface area (Å²) in [6.07, 6.45) is 3.51. The normalized spacial score (nSPS) is 17.8. The van der Waals surface area contributed by atoms with Crippen LogP contribution in [0.25, 0.3) is 0 Å². The molecule has 0 spiro atoms. The fourth-order valence-corrected chi connectivity index (χ4v) is 1.90. The van der Waals surface area contributed by atoms with E-state index in [1.165, 1.54) is 12.1 Å². The van der Waals surface area contributed by atoms with Crippen molar-refractivity contribution < 1.29 is 9.50 Å². The van der Waals surface area contributed by atoms with Gasteiger partial charge in [-0.05, 0) is 59.3 Å². The van der Waals surface area contributed by atoms with Crippen LogP contribution in [-0.2, 0) is 6.42 Å². The van der Waals surface area contributed by atoms with Gasteiger partial charge in [-0.15, -0.1) is 0 Å². The zero-order valence-corrected chi connectivity index (χ0v) is 9.85. The van der Waals surface area contributed by atoms with Gasteiger partial charge in [0.25, 0.3) is 0 Å². The average Bonchev–Trinajstić information content (AvgIpc) is 2.89. The number of aryl methyl sites for hydroxylation is 1. The van der Waals surface area contributed by atoms with Crippen LogP contribution >= 0.6 is 15.9 Å². The lowest BCUT2D eigenvalue weighted by atomic mass is 10.0. The number of benzene rings is 1. The van der Waals surface area contributed by atoms with E-state index in [0.29, 0.717) is 12.0 Å². The Morgan fingerprint density at radius 3 is 2.73 bits per heavy atom. The summed E-state index contributed by atoms with van der Waals surface area (Å²) in [4.78, 5) is 0. The molecule has 0 heterocycles. The number of halogens is 2. The lowest BCUT2D eigenvalue weighted by Crippen LogP contribution is -2.22. The van der Waals surface area contributed by atoms with Gasteiger partial charge in [0.05, 0.1) is 4.47 Å². The van der Waals surface area contributed by atoms with E-state index in [1.54, 1.807) is 0 Å². The molecule has 0 radical (unpaired) electrons. The lowest BCUT2D eigenvalue weighted by molar-refractivity contribution is 0.460. The summed E-state index contributed by atoms with van der Waals surface area (Å²) in [5.41, 5.74) is 6.50. The Hall–Kier alpha value is -0.610. The number of hydrogen-bond acceptors (Lipinski definition) is 2. The van der Waals surface area contributed by atoms with Crippen molar-refractivity contribution in [2.45, 2.75) is 31.2 Å². The second-order valence-corrected chi connectivity index (χ2v) is 5.11. The quantitative estimate of drug-likeness (QED) is 0.890. The number of nitrogens with two attached hydrogens (primary N) is 1. The summed E-state index contributed by atoms with van der Waals surface area (Å²) in [5.74, 6) is -0.211. The van der Waals surface area contributed by atoms with Gasteiger partial charge in [0, 0.05) is 5.54 Å². The maximum Gasteiger partial charge on any atom is 0.137 e. The van der Waals surface area contributed by atoms with Gasteiger partial charge in [0.15, 0.2) is 0 Å². The second kappa shape index (κ2) is 3.76. The van der Waals surface area contributed by atoms with Gasteiger partial charge >= 0.3 is 0 Å². The number of aromatic hydroxyl groups is 1. The predicted molar refractivity (Wildman–Crippen MR) is 60.2 cm³/mol. The van der Waals surface area contributed by atoms with Gasteiger partial charge in [-0.3, -0.25) is 0 Å². The fourth-order valence-electron chi connectivity index (χ4n) is 1.57. The SMILES string of the molecule is NC1(CCc2cc(F)c(Br)cc2O)CC1. The molecule has 0 unspecified atom stereocenters. The highest BCUT2D eigenvalue weighted by Gasteiger charge is 2.37. The standard InChI is InChI=1S/C11H13BrFNO/c12-8-6-10(15)7(5-9(8)13)1-2-11(14)3-4-11/h5-6,15H,1-4,14H2. The molecule has 0 atom stereocenters. The largest absolute Gasteiger partial charge is 0.508 e.